The van der Waals surface area contributed by atoms with E-state index in [0.717, 1.165) is 31.7 Å². The van der Waals surface area contributed by atoms with E-state index in [-0.39, 0.29) is 23.7 Å². The van der Waals surface area contributed by atoms with E-state index in [4.69, 9.17) is 4.52 Å². The number of fused-ring (bicyclic) bond motifs is 1. The predicted molar refractivity (Wildman–Crippen MR) is 107 cm³/mol. The van der Waals surface area contributed by atoms with Crippen LogP contribution in [0.4, 0.5) is 4.39 Å². The molecule has 8 heteroatoms. The maximum atomic E-state index is 14.0. The van der Waals surface area contributed by atoms with E-state index < -0.39 is 0 Å². The van der Waals surface area contributed by atoms with Gasteiger partial charge < -0.3 is 14.3 Å². The Bertz CT molecular complexity index is 1030. The first kappa shape index (κ1) is 19.0. The van der Waals surface area contributed by atoms with Crippen molar-refractivity contribution in [2.24, 2.45) is 11.8 Å². The fourth-order valence-corrected chi connectivity index (χ4v) is 4.98. The minimum Gasteiger partial charge on any atom is -0.361 e. The Balaban J connectivity index is 1.39. The Morgan fingerprint density at radius 2 is 2.13 bits per heavy atom. The van der Waals surface area contributed by atoms with Crippen molar-refractivity contribution in [2.45, 2.75) is 19.5 Å². The molecule has 2 aliphatic heterocycles. The van der Waals surface area contributed by atoms with Crippen molar-refractivity contribution in [3.8, 4) is 0 Å². The quantitative estimate of drug-likeness (QED) is 0.648. The van der Waals surface area contributed by atoms with E-state index in [0.29, 0.717) is 23.8 Å². The molecule has 2 saturated heterocycles. The van der Waals surface area contributed by atoms with Gasteiger partial charge in [0.1, 0.15) is 17.1 Å². The van der Waals surface area contributed by atoms with E-state index in [1.165, 1.54) is 12.3 Å². The maximum absolute atomic E-state index is 14.0. The van der Waals surface area contributed by atoms with Gasteiger partial charge >= 0.3 is 0 Å². The van der Waals surface area contributed by atoms with Crippen LogP contribution in [0.2, 0.25) is 0 Å². The minimum absolute atomic E-state index is 0.0968. The van der Waals surface area contributed by atoms with Crippen LogP contribution in [0.1, 0.15) is 27.7 Å². The second-order valence-electron chi connectivity index (χ2n) is 8.21. The molecule has 30 heavy (non-hydrogen) atoms. The van der Waals surface area contributed by atoms with Gasteiger partial charge in [-0.15, -0.1) is 0 Å². The van der Waals surface area contributed by atoms with Crippen LogP contribution in [-0.2, 0) is 6.54 Å². The summed E-state index contributed by atoms with van der Waals surface area (Å²) in [6.07, 6.45) is 5.23. The molecule has 0 unspecified atom stereocenters. The van der Waals surface area contributed by atoms with E-state index in [1.807, 2.05) is 27.9 Å². The van der Waals surface area contributed by atoms with Crippen LogP contribution >= 0.6 is 0 Å². The minimum atomic E-state index is -0.280. The van der Waals surface area contributed by atoms with Gasteiger partial charge in [0.05, 0.1) is 18.8 Å². The number of aryl methyl sites for hydroxylation is 1. The number of halogens is 1. The average molecular weight is 409 g/mol. The molecule has 1 aromatic carbocycles. The summed E-state index contributed by atoms with van der Waals surface area (Å²) in [6, 6.07) is 8.40. The summed E-state index contributed by atoms with van der Waals surface area (Å²) in [6.45, 7) is 5.92. The molecular weight excluding hydrogens is 385 g/mol. The van der Waals surface area contributed by atoms with Crippen molar-refractivity contribution in [2.75, 3.05) is 26.2 Å². The van der Waals surface area contributed by atoms with E-state index in [2.05, 4.69) is 15.2 Å². The molecule has 0 aliphatic carbocycles. The van der Waals surface area contributed by atoms with Crippen molar-refractivity contribution >= 4 is 5.91 Å². The van der Waals surface area contributed by atoms with Crippen LogP contribution in [0.5, 0.6) is 0 Å². The summed E-state index contributed by atoms with van der Waals surface area (Å²) in [7, 11) is 0. The van der Waals surface area contributed by atoms with Gasteiger partial charge in [-0.05, 0) is 36.6 Å². The van der Waals surface area contributed by atoms with Crippen LogP contribution in [0, 0.1) is 24.6 Å². The van der Waals surface area contributed by atoms with Crippen LogP contribution in [-0.4, -0.2) is 56.8 Å². The van der Waals surface area contributed by atoms with Gasteiger partial charge in [0.15, 0.2) is 0 Å². The fourth-order valence-electron chi connectivity index (χ4n) is 4.98. The molecule has 3 atom stereocenters. The molecule has 156 valence electrons. The van der Waals surface area contributed by atoms with Gasteiger partial charge in [-0.2, -0.15) is 5.10 Å². The lowest BCUT2D eigenvalue weighted by molar-refractivity contribution is 0.0698. The van der Waals surface area contributed by atoms with Gasteiger partial charge in [0.2, 0.25) is 0 Å². The maximum Gasteiger partial charge on any atom is 0.259 e. The third-order valence-electron chi connectivity index (χ3n) is 6.38. The van der Waals surface area contributed by atoms with E-state index >= 15 is 0 Å². The molecule has 2 aromatic heterocycles. The highest BCUT2D eigenvalue weighted by Crippen LogP contribution is 2.45. The molecule has 0 N–H and O–H groups in total. The first-order chi connectivity index (χ1) is 14.6. The van der Waals surface area contributed by atoms with E-state index in [1.54, 1.807) is 25.3 Å². The monoisotopic (exact) mass is 409 g/mol. The average Bonchev–Trinajstić information content (AvgIpc) is 3.50. The zero-order chi connectivity index (χ0) is 20.7. The molecule has 0 bridgehead atoms. The summed E-state index contributed by atoms with van der Waals surface area (Å²) in [5, 5.41) is 8.03. The van der Waals surface area contributed by atoms with Crippen LogP contribution in [0.25, 0.3) is 0 Å². The molecule has 5 rings (SSSR count). The largest absolute Gasteiger partial charge is 0.361 e. The Hall–Kier alpha value is -3.00. The smallest absolute Gasteiger partial charge is 0.259 e. The van der Waals surface area contributed by atoms with Gasteiger partial charge in [0.25, 0.3) is 5.91 Å². The zero-order valence-corrected chi connectivity index (χ0v) is 16.8. The third-order valence-corrected chi connectivity index (χ3v) is 6.38. The standard InChI is InChI=1S/C22H24FN5O2/c1-15-19(11-25-30-15)22(29)28-13-17-12-26(8-9-27-7-3-6-24-27)14-20(17)21(28)16-4-2-5-18(23)10-16/h2-7,10-11,17,20-21H,8-9,12-14H2,1H3/t17-,20-,21+/m0/s1. The number of rotatable bonds is 5. The number of hydrogen-bond donors (Lipinski definition) is 0. The summed E-state index contributed by atoms with van der Waals surface area (Å²) < 4.78 is 21.1. The van der Waals surface area contributed by atoms with Gasteiger partial charge in [-0.3, -0.25) is 9.48 Å². The van der Waals surface area contributed by atoms with Crippen LogP contribution in [0.15, 0.2) is 53.4 Å². The van der Waals surface area contributed by atoms with Crippen molar-refractivity contribution in [3.05, 3.63) is 71.6 Å². The second-order valence-corrected chi connectivity index (χ2v) is 8.21. The summed E-state index contributed by atoms with van der Waals surface area (Å²) >= 11 is 0. The summed E-state index contributed by atoms with van der Waals surface area (Å²) in [4.78, 5) is 17.6. The first-order valence-electron chi connectivity index (χ1n) is 10.3. The second kappa shape index (κ2) is 7.68. The fraction of sp³-hybridized carbons (Fsp3) is 0.409. The molecule has 4 heterocycles. The molecular formula is C22H24FN5O2. The number of benzene rings is 1. The number of carbonyl (C=O) groups is 1. The Morgan fingerprint density at radius 3 is 2.87 bits per heavy atom. The number of amides is 1. The lowest BCUT2D eigenvalue weighted by atomic mass is 9.89. The highest BCUT2D eigenvalue weighted by atomic mass is 19.1. The molecule has 0 radical (unpaired) electrons. The molecule has 7 nitrogen and oxygen atoms in total. The number of likely N-dealkylation sites (tertiary alicyclic amines) is 2. The Labute approximate surface area is 174 Å². The topological polar surface area (TPSA) is 67.4 Å². The number of nitrogens with zero attached hydrogens (tertiary/aromatic N) is 5. The SMILES string of the molecule is Cc1oncc1C(=O)N1C[C@@H]2CN(CCn3cccn3)C[C@@H]2[C@H]1c1cccc(F)c1. The molecule has 3 aromatic rings. The normalized spacial score (nSPS) is 23.8. The van der Waals surface area contributed by atoms with Crippen LogP contribution < -0.4 is 0 Å². The molecule has 2 aliphatic rings. The molecule has 2 fully saturated rings. The number of hydrogen-bond acceptors (Lipinski definition) is 5. The zero-order valence-electron chi connectivity index (χ0n) is 16.8. The van der Waals surface area contributed by atoms with Gasteiger partial charge in [0, 0.05) is 44.5 Å². The number of aromatic nitrogens is 3. The Kier molecular flexibility index (Phi) is 4.86. The molecule has 0 spiro atoms. The predicted octanol–water partition coefficient (Wildman–Crippen LogP) is 2.76. The molecule has 1 amide bonds. The van der Waals surface area contributed by atoms with Crippen molar-refractivity contribution in [1.29, 1.82) is 0 Å². The lowest BCUT2D eigenvalue weighted by Crippen LogP contribution is -2.36. The van der Waals surface area contributed by atoms with Gasteiger partial charge in [-0.1, -0.05) is 17.3 Å². The highest BCUT2D eigenvalue weighted by Gasteiger charge is 2.49. The van der Waals surface area contributed by atoms with Gasteiger partial charge in [-0.25, -0.2) is 4.39 Å². The summed E-state index contributed by atoms with van der Waals surface area (Å²) in [5.41, 5.74) is 1.32. The highest BCUT2D eigenvalue weighted by molar-refractivity contribution is 5.95. The van der Waals surface area contributed by atoms with E-state index in [9.17, 15) is 9.18 Å². The van der Waals surface area contributed by atoms with Crippen molar-refractivity contribution in [3.63, 3.8) is 0 Å². The molecule has 0 saturated carbocycles. The third kappa shape index (κ3) is 3.41. The first-order valence-corrected chi connectivity index (χ1v) is 10.3. The number of carbonyl (C=O) groups excluding carboxylic acids is 1. The van der Waals surface area contributed by atoms with Crippen molar-refractivity contribution in [1.82, 2.24) is 24.7 Å². The van der Waals surface area contributed by atoms with Crippen molar-refractivity contribution < 1.29 is 13.7 Å². The summed E-state index contributed by atoms with van der Waals surface area (Å²) in [5.74, 6) is 0.739. The van der Waals surface area contributed by atoms with Crippen LogP contribution in [0.3, 0.4) is 0 Å². The Morgan fingerprint density at radius 1 is 1.23 bits per heavy atom. The lowest BCUT2D eigenvalue weighted by Gasteiger charge is -2.30.